The molecule has 0 aliphatic rings. The summed E-state index contributed by atoms with van der Waals surface area (Å²) in [4.78, 5) is 23.6. The topological polar surface area (TPSA) is 119 Å². The highest BCUT2D eigenvalue weighted by Gasteiger charge is 2.30. The number of carbonyl (C=O) groups excluding carboxylic acids is 2. The van der Waals surface area contributed by atoms with Gasteiger partial charge in [-0.25, -0.2) is 8.42 Å². The highest BCUT2D eigenvalue weighted by Crippen LogP contribution is 2.15. The minimum atomic E-state index is -4.11. The first-order valence-electron chi connectivity index (χ1n) is 7.50. The fourth-order valence-corrected chi connectivity index (χ4v) is 3.19. The molecule has 140 valence electrons. The van der Waals surface area contributed by atoms with Crippen LogP contribution in [0.5, 0.6) is 0 Å². The zero-order valence-corrected chi connectivity index (χ0v) is 15.4. The molecule has 0 fully saturated rings. The van der Waals surface area contributed by atoms with Crippen LogP contribution in [0.15, 0.2) is 29.2 Å². The summed E-state index contributed by atoms with van der Waals surface area (Å²) in [6, 6.07) is 4.16. The van der Waals surface area contributed by atoms with Crippen molar-refractivity contribution in [3.63, 3.8) is 0 Å². The largest absolute Gasteiger partial charge is 0.468 e. The Labute approximate surface area is 147 Å². The lowest BCUT2D eigenvalue weighted by Crippen LogP contribution is -2.43. The standard InChI is InChI=1S/C16H23NO7S/c1-16(2,3)24-14(19)9-13(15(20)23-4)17-25(21,22)12-7-5-6-11(8-12)10-18/h5-8,13,17-18H,9-10H2,1-4H3/t13-/m0/s1. The summed E-state index contributed by atoms with van der Waals surface area (Å²) in [6.07, 6.45) is -0.511. The van der Waals surface area contributed by atoms with Crippen LogP contribution >= 0.6 is 0 Å². The smallest absolute Gasteiger partial charge is 0.324 e. The molecule has 1 atom stereocenters. The number of ether oxygens (including phenoxy) is 2. The van der Waals surface area contributed by atoms with Crippen LogP contribution in [-0.4, -0.2) is 44.2 Å². The van der Waals surface area contributed by atoms with Crippen molar-refractivity contribution in [3.05, 3.63) is 29.8 Å². The van der Waals surface area contributed by atoms with Crippen LogP contribution in [0.4, 0.5) is 0 Å². The first-order chi connectivity index (χ1) is 11.5. The third-order valence-corrected chi connectivity index (χ3v) is 4.43. The van der Waals surface area contributed by atoms with Crippen LogP contribution in [-0.2, 0) is 35.7 Å². The van der Waals surface area contributed by atoms with Gasteiger partial charge in [0.1, 0.15) is 11.6 Å². The first kappa shape index (κ1) is 21.1. The molecular formula is C16H23NO7S. The summed E-state index contributed by atoms with van der Waals surface area (Å²) >= 11 is 0. The highest BCUT2D eigenvalue weighted by atomic mass is 32.2. The number of methoxy groups -OCH3 is 1. The maximum absolute atomic E-state index is 12.4. The van der Waals surface area contributed by atoms with Gasteiger partial charge in [0.25, 0.3) is 0 Å². The van der Waals surface area contributed by atoms with Crippen molar-refractivity contribution in [1.29, 1.82) is 0 Å². The van der Waals surface area contributed by atoms with E-state index in [9.17, 15) is 18.0 Å². The maximum Gasteiger partial charge on any atom is 0.324 e. The van der Waals surface area contributed by atoms with Gasteiger partial charge in [-0.05, 0) is 38.5 Å². The summed E-state index contributed by atoms with van der Waals surface area (Å²) in [5.74, 6) is -1.65. The van der Waals surface area contributed by atoms with Crippen molar-refractivity contribution in [2.45, 2.75) is 50.3 Å². The van der Waals surface area contributed by atoms with Crippen LogP contribution in [0.1, 0.15) is 32.8 Å². The predicted octanol–water partition coefficient (Wildman–Crippen LogP) is 0.731. The number of rotatable bonds is 7. The Balaban J connectivity index is 3.00. The Kier molecular flexibility index (Phi) is 7.09. The molecule has 0 aliphatic carbocycles. The van der Waals surface area contributed by atoms with Crippen LogP contribution in [0.25, 0.3) is 0 Å². The molecule has 0 unspecified atom stereocenters. The Morgan fingerprint density at radius 2 is 1.92 bits per heavy atom. The molecule has 1 rings (SSSR count). The van der Waals surface area contributed by atoms with E-state index in [2.05, 4.69) is 9.46 Å². The Hall–Kier alpha value is -1.97. The lowest BCUT2D eigenvalue weighted by molar-refractivity contribution is -0.158. The van der Waals surface area contributed by atoms with Gasteiger partial charge in [0.15, 0.2) is 0 Å². The van der Waals surface area contributed by atoms with Crippen LogP contribution in [0, 0.1) is 0 Å². The lowest BCUT2D eigenvalue weighted by atomic mass is 10.2. The number of carbonyl (C=O) groups is 2. The van der Waals surface area contributed by atoms with Gasteiger partial charge in [-0.1, -0.05) is 12.1 Å². The predicted molar refractivity (Wildman–Crippen MR) is 89.0 cm³/mol. The molecule has 8 nitrogen and oxygen atoms in total. The molecular weight excluding hydrogens is 350 g/mol. The second-order valence-corrected chi connectivity index (χ2v) is 8.01. The molecule has 0 spiro atoms. The van der Waals surface area contributed by atoms with E-state index in [0.717, 1.165) is 7.11 Å². The molecule has 9 heteroatoms. The van der Waals surface area contributed by atoms with Gasteiger partial charge in [0.05, 0.1) is 25.0 Å². The van der Waals surface area contributed by atoms with Gasteiger partial charge in [0, 0.05) is 0 Å². The van der Waals surface area contributed by atoms with Gasteiger partial charge in [0.2, 0.25) is 10.0 Å². The molecule has 2 N–H and O–H groups in total. The van der Waals surface area contributed by atoms with Crippen molar-refractivity contribution in [3.8, 4) is 0 Å². The number of benzene rings is 1. The zero-order valence-electron chi connectivity index (χ0n) is 14.6. The Morgan fingerprint density at radius 1 is 1.28 bits per heavy atom. The number of aliphatic hydroxyl groups excluding tert-OH is 1. The van der Waals surface area contributed by atoms with E-state index < -0.39 is 40.0 Å². The van der Waals surface area contributed by atoms with E-state index in [1.165, 1.54) is 18.2 Å². The minimum Gasteiger partial charge on any atom is -0.468 e. The van der Waals surface area contributed by atoms with E-state index in [4.69, 9.17) is 9.84 Å². The van der Waals surface area contributed by atoms with Crippen molar-refractivity contribution in [2.24, 2.45) is 0 Å². The van der Waals surface area contributed by atoms with E-state index in [1.807, 2.05) is 0 Å². The normalized spacial score (nSPS) is 13.2. The van der Waals surface area contributed by atoms with E-state index in [-0.39, 0.29) is 11.5 Å². The number of aliphatic hydroxyl groups is 1. The second-order valence-electron chi connectivity index (χ2n) is 6.29. The third kappa shape index (κ3) is 6.81. The number of esters is 2. The molecule has 0 heterocycles. The molecule has 1 aromatic rings. The van der Waals surface area contributed by atoms with Gasteiger partial charge < -0.3 is 14.6 Å². The van der Waals surface area contributed by atoms with Crippen LogP contribution in [0.3, 0.4) is 0 Å². The quantitative estimate of drug-likeness (QED) is 0.676. The molecule has 0 aromatic heterocycles. The second kappa shape index (κ2) is 8.41. The highest BCUT2D eigenvalue weighted by molar-refractivity contribution is 7.89. The Morgan fingerprint density at radius 3 is 2.44 bits per heavy atom. The number of nitrogens with one attached hydrogen (secondary N) is 1. The molecule has 1 aromatic carbocycles. The molecule has 0 saturated heterocycles. The maximum atomic E-state index is 12.4. The fourth-order valence-electron chi connectivity index (χ4n) is 1.93. The number of hydrogen-bond donors (Lipinski definition) is 2. The van der Waals surface area contributed by atoms with Crippen molar-refractivity contribution < 1.29 is 32.6 Å². The molecule has 0 amide bonds. The molecule has 25 heavy (non-hydrogen) atoms. The molecule has 0 saturated carbocycles. The van der Waals surface area contributed by atoms with Crippen LogP contribution in [0.2, 0.25) is 0 Å². The molecule has 0 radical (unpaired) electrons. The third-order valence-electron chi connectivity index (χ3n) is 2.97. The SMILES string of the molecule is COC(=O)[C@H](CC(=O)OC(C)(C)C)NS(=O)(=O)c1cccc(CO)c1. The number of hydrogen-bond acceptors (Lipinski definition) is 7. The van der Waals surface area contributed by atoms with E-state index in [0.29, 0.717) is 5.56 Å². The summed E-state index contributed by atoms with van der Waals surface area (Å²) in [5, 5.41) is 9.11. The lowest BCUT2D eigenvalue weighted by Gasteiger charge is -2.22. The summed E-state index contributed by atoms with van der Waals surface area (Å²) in [7, 11) is -3.02. The van der Waals surface area contributed by atoms with Crippen molar-refractivity contribution in [1.82, 2.24) is 4.72 Å². The molecule has 0 bridgehead atoms. The van der Waals surface area contributed by atoms with E-state index in [1.54, 1.807) is 26.8 Å². The van der Waals surface area contributed by atoms with Gasteiger partial charge in [-0.15, -0.1) is 0 Å². The van der Waals surface area contributed by atoms with E-state index >= 15 is 0 Å². The van der Waals surface area contributed by atoms with Crippen molar-refractivity contribution in [2.75, 3.05) is 7.11 Å². The average Bonchev–Trinajstić information content (AvgIpc) is 2.51. The fraction of sp³-hybridized carbons (Fsp3) is 0.500. The zero-order chi connectivity index (χ0) is 19.3. The minimum absolute atomic E-state index is 0.142. The van der Waals surface area contributed by atoms with Gasteiger partial charge in [-0.2, -0.15) is 4.72 Å². The summed E-state index contributed by atoms with van der Waals surface area (Å²) < 4.78 is 36.7. The first-order valence-corrected chi connectivity index (χ1v) is 8.98. The number of sulfonamides is 1. The van der Waals surface area contributed by atoms with Crippen molar-refractivity contribution >= 4 is 22.0 Å². The van der Waals surface area contributed by atoms with Gasteiger partial charge in [-0.3, -0.25) is 9.59 Å². The Bertz CT molecular complexity index is 722. The van der Waals surface area contributed by atoms with Crippen LogP contribution < -0.4 is 4.72 Å². The summed E-state index contributed by atoms with van der Waals surface area (Å²) in [5.41, 5.74) is -0.379. The monoisotopic (exact) mass is 373 g/mol. The van der Waals surface area contributed by atoms with Gasteiger partial charge >= 0.3 is 11.9 Å². The summed E-state index contributed by atoms with van der Waals surface area (Å²) in [6.45, 7) is 4.63. The molecule has 0 aliphatic heterocycles. The average molecular weight is 373 g/mol.